The smallest absolute Gasteiger partial charge is 0.229 e. The second kappa shape index (κ2) is 8.81. The van der Waals surface area contributed by atoms with E-state index in [0.29, 0.717) is 30.9 Å². The third-order valence-electron chi connectivity index (χ3n) is 4.54. The molecular formula is C20H26N4O4S. The quantitative estimate of drug-likeness (QED) is 0.396. The fraction of sp³-hybridized carbons (Fsp3) is 0.350. The Morgan fingerprint density at radius 2 is 2.00 bits per heavy atom. The lowest BCUT2D eigenvalue weighted by Crippen LogP contribution is -2.26. The second-order valence-corrected chi connectivity index (χ2v) is 8.79. The molecule has 1 heterocycles. The summed E-state index contributed by atoms with van der Waals surface area (Å²) < 4.78 is 31.1. The monoisotopic (exact) mass is 418 g/mol. The summed E-state index contributed by atoms with van der Waals surface area (Å²) in [5.41, 5.74) is 3.78. The van der Waals surface area contributed by atoms with Crippen molar-refractivity contribution < 1.29 is 18.3 Å². The molecule has 0 saturated carbocycles. The van der Waals surface area contributed by atoms with Crippen molar-refractivity contribution in [3.63, 3.8) is 0 Å². The number of hydrogen-bond donors (Lipinski definition) is 4. The molecule has 0 saturated heterocycles. The third kappa shape index (κ3) is 5.69. The summed E-state index contributed by atoms with van der Waals surface area (Å²) in [5, 5.41) is 21.8. The molecule has 0 radical (unpaired) electrons. The van der Waals surface area contributed by atoms with Crippen LogP contribution in [0.1, 0.15) is 22.9 Å². The maximum atomic E-state index is 11.5. The lowest BCUT2D eigenvalue weighted by molar-refractivity contribution is 0.172. The van der Waals surface area contributed by atoms with E-state index in [1.54, 1.807) is 25.1 Å². The number of benzene rings is 2. The molecule has 0 spiro atoms. The lowest BCUT2D eigenvalue weighted by Gasteiger charge is -2.15. The number of fused-ring (bicyclic) bond motifs is 1. The first-order valence-corrected chi connectivity index (χ1v) is 11.2. The number of ether oxygens (including phenoxy) is 1. The molecule has 1 atom stereocenters. The number of nitrogens with one attached hydrogen (secondary N) is 3. The van der Waals surface area contributed by atoms with Crippen LogP contribution in [0.3, 0.4) is 0 Å². The average Bonchev–Trinajstić information content (AvgIpc) is 3.02. The fourth-order valence-electron chi connectivity index (χ4n) is 2.97. The van der Waals surface area contributed by atoms with Crippen LogP contribution in [0, 0.1) is 13.8 Å². The summed E-state index contributed by atoms with van der Waals surface area (Å²) in [6, 6.07) is 11.0. The van der Waals surface area contributed by atoms with Crippen LogP contribution in [0.5, 0.6) is 5.75 Å². The summed E-state index contributed by atoms with van der Waals surface area (Å²) in [5.74, 6) is 0.737. The first kappa shape index (κ1) is 21.1. The zero-order chi connectivity index (χ0) is 21.0. The van der Waals surface area contributed by atoms with E-state index in [9.17, 15) is 13.5 Å². The standard InChI is InChI=1S/C20H26N4O4S/c1-13-4-5-15(10-18(13)24-29(3,26)27)20(25)12-21-8-9-28-16-6-7-17-14(2)22-23-19(17)11-16/h4-7,10-11,20-21,24-25H,8-9,12H2,1-3H3,(H,22,23). The Morgan fingerprint density at radius 1 is 1.21 bits per heavy atom. The zero-order valence-corrected chi connectivity index (χ0v) is 17.5. The summed E-state index contributed by atoms with van der Waals surface area (Å²) >= 11 is 0. The maximum Gasteiger partial charge on any atom is 0.229 e. The van der Waals surface area contributed by atoms with Gasteiger partial charge in [-0.25, -0.2) is 8.42 Å². The van der Waals surface area contributed by atoms with Gasteiger partial charge in [0, 0.05) is 30.2 Å². The zero-order valence-electron chi connectivity index (χ0n) is 16.7. The molecule has 9 heteroatoms. The highest BCUT2D eigenvalue weighted by molar-refractivity contribution is 7.92. The number of aromatic nitrogens is 2. The minimum atomic E-state index is -3.38. The molecule has 1 unspecified atom stereocenters. The molecular weight excluding hydrogens is 392 g/mol. The Balaban J connectivity index is 1.48. The molecule has 3 aromatic rings. The Labute approximate surface area is 170 Å². The van der Waals surface area contributed by atoms with E-state index < -0.39 is 16.1 Å². The van der Waals surface area contributed by atoms with Crippen LogP contribution in [-0.2, 0) is 10.0 Å². The first-order chi connectivity index (χ1) is 13.7. The molecule has 0 bridgehead atoms. The molecule has 156 valence electrons. The molecule has 2 aromatic carbocycles. The lowest BCUT2D eigenvalue weighted by atomic mass is 10.1. The van der Waals surface area contributed by atoms with Crippen molar-refractivity contribution >= 4 is 26.6 Å². The van der Waals surface area contributed by atoms with Crippen molar-refractivity contribution in [3.8, 4) is 5.75 Å². The molecule has 4 N–H and O–H groups in total. The van der Waals surface area contributed by atoms with Crippen molar-refractivity contribution in [2.24, 2.45) is 0 Å². The number of nitrogens with zero attached hydrogens (tertiary/aromatic N) is 1. The van der Waals surface area contributed by atoms with Crippen molar-refractivity contribution in [2.45, 2.75) is 20.0 Å². The number of rotatable bonds is 9. The van der Waals surface area contributed by atoms with Gasteiger partial charge in [-0.1, -0.05) is 12.1 Å². The van der Waals surface area contributed by atoms with Gasteiger partial charge in [-0.2, -0.15) is 5.10 Å². The Morgan fingerprint density at radius 3 is 2.76 bits per heavy atom. The molecule has 0 amide bonds. The summed E-state index contributed by atoms with van der Waals surface area (Å²) in [6.45, 7) is 5.09. The highest BCUT2D eigenvalue weighted by Crippen LogP contribution is 2.23. The molecule has 1 aromatic heterocycles. The van der Waals surface area contributed by atoms with E-state index in [0.717, 1.165) is 34.2 Å². The van der Waals surface area contributed by atoms with Crippen LogP contribution in [0.15, 0.2) is 36.4 Å². The number of aliphatic hydroxyl groups is 1. The second-order valence-electron chi connectivity index (χ2n) is 7.04. The van der Waals surface area contributed by atoms with E-state index in [1.165, 1.54) is 0 Å². The van der Waals surface area contributed by atoms with Gasteiger partial charge in [0.05, 0.1) is 23.6 Å². The van der Waals surface area contributed by atoms with Gasteiger partial charge in [0.15, 0.2) is 0 Å². The number of aromatic amines is 1. The average molecular weight is 419 g/mol. The highest BCUT2D eigenvalue weighted by Gasteiger charge is 2.11. The largest absolute Gasteiger partial charge is 0.492 e. The van der Waals surface area contributed by atoms with Crippen LogP contribution < -0.4 is 14.8 Å². The van der Waals surface area contributed by atoms with Gasteiger partial charge < -0.3 is 15.2 Å². The van der Waals surface area contributed by atoms with Crippen LogP contribution in [0.25, 0.3) is 10.9 Å². The number of sulfonamides is 1. The van der Waals surface area contributed by atoms with Crippen LogP contribution >= 0.6 is 0 Å². The normalized spacial score (nSPS) is 12.8. The number of aryl methyl sites for hydroxylation is 2. The Bertz CT molecular complexity index is 1100. The summed E-state index contributed by atoms with van der Waals surface area (Å²) in [6.07, 6.45) is 0.335. The topological polar surface area (TPSA) is 116 Å². The number of anilines is 1. The van der Waals surface area contributed by atoms with Gasteiger partial charge in [-0.05, 0) is 43.2 Å². The molecule has 0 aliphatic heterocycles. The van der Waals surface area contributed by atoms with E-state index in [1.807, 2.05) is 25.1 Å². The minimum absolute atomic E-state index is 0.322. The first-order valence-electron chi connectivity index (χ1n) is 9.27. The van der Waals surface area contributed by atoms with Crippen LogP contribution in [-0.4, -0.2) is 49.7 Å². The van der Waals surface area contributed by atoms with Crippen molar-refractivity contribution in [3.05, 3.63) is 53.2 Å². The predicted molar refractivity (Wildman–Crippen MR) is 114 cm³/mol. The summed E-state index contributed by atoms with van der Waals surface area (Å²) in [4.78, 5) is 0. The molecule has 3 rings (SSSR count). The van der Waals surface area contributed by atoms with E-state index in [4.69, 9.17) is 4.74 Å². The van der Waals surface area contributed by atoms with Crippen LogP contribution in [0.2, 0.25) is 0 Å². The number of hydrogen-bond acceptors (Lipinski definition) is 6. The fourth-order valence-corrected chi connectivity index (χ4v) is 3.59. The third-order valence-corrected chi connectivity index (χ3v) is 5.13. The molecule has 0 fully saturated rings. The molecule has 29 heavy (non-hydrogen) atoms. The van der Waals surface area contributed by atoms with Gasteiger partial charge in [-0.3, -0.25) is 9.82 Å². The van der Waals surface area contributed by atoms with Gasteiger partial charge in [0.25, 0.3) is 0 Å². The van der Waals surface area contributed by atoms with Gasteiger partial charge in [0.1, 0.15) is 12.4 Å². The van der Waals surface area contributed by atoms with Crippen molar-refractivity contribution in [2.75, 3.05) is 30.7 Å². The van der Waals surface area contributed by atoms with Crippen molar-refractivity contribution in [1.29, 1.82) is 0 Å². The Hall–Kier alpha value is -2.62. The molecule has 8 nitrogen and oxygen atoms in total. The Kier molecular flexibility index (Phi) is 6.41. The van der Waals surface area contributed by atoms with Gasteiger partial charge in [-0.15, -0.1) is 0 Å². The molecule has 0 aliphatic carbocycles. The summed E-state index contributed by atoms with van der Waals surface area (Å²) in [7, 11) is -3.38. The number of aliphatic hydroxyl groups excluding tert-OH is 1. The number of H-pyrrole nitrogens is 1. The molecule has 0 aliphatic rings. The van der Waals surface area contributed by atoms with E-state index in [-0.39, 0.29) is 0 Å². The van der Waals surface area contributed by atoms with Gasteiger partial charge >= 0.3 is 0 Å². The maximum absolute atomic E-state index is 11.5. The van der Waals surface area contributed by atoms with E-state index >= 15 is 0 Å². The SMILES string of the molecule is Cc1ccc(C(O)CNCCOc2ccc3c(C)[nH]nc3c2)cc1NS(C)(=O)=O. The van der Waals surface area contributed by atoms with Crippen molar-refractivity contribution in [1.82, 2.24) is 15.5 Å². The predicted octanol–water partition coefficient (Wildman–Crippen LogP) is 2.25. The van der Waals surface area contributed by atoms with Gasteiger partial charge in [0.2, 0.25) is 10.0 Å². The van der Waals surface area contributed by atoms with Crippen LogP contribution in [0.4, 0.5) is 5.69 Å². The van der Waals surface area contributed by atoms with E-state index in [2.05, 4.69) is 20.2 Å². The highest BCUT2D eigenvalue weighted by atomic mass is 32.2. The minimum Gasteiger partial charge on any atom is -0.492 e.